The number of halogens is 1. The maximum atomic E-state index is 11.7. The third kappa shape index (κ3) is 5.05. The number of hydrogen-bond donors (Lipinski definition) is 2. The van der Waals surface area contributed by atoms with Crippen LogP contribution in [0.15, 0.2) is 40.9 Å². The van der Waals surface area contributed by atoms with Crippen molar-refractivity contribution < 1.29 is 4.79 Å². The van der Waals surface area contributed by atoms with Gasteiger partial charge in [0, 0.05) is 16.7 Å². The molecule has 0 spiro atoms. The van der Waals surface area contributed by atoms with E-state index in [2.05, 4.69) is 64.7 Å². The Bertz CT molecular complexity index is 625. The lowest BCUT2D eigenvalue weighted by atomic mass is 10.1. The highest BCUT2D eigenvalue weighted by atomic mass is 79.9. The summed E-state index contributed by atoms with van der Waals surface area (Å²) < 4.78 is 1.07. The predicted molar refractivity (Wildman–Crippen MR) is 92.6 cm³/mol. The summed E-state index contributed by atoms with van der Waals surface area (Å²) in [5.74, 6) is 0.643. The highest BCUT2D eigenvalue weighted by molar-refractivity contribution is 9.10. The normalized spacial score (nSPS) is 10.9. The summed E-state index contributed by atoms with van der Waals surface area (Å²) in [7, 11) is 0. The molecule has 0 aliphatic rings. The minimum Gasteiger partial charge on any atom is -0.376 e. The van der Waals surface area contributed by atoms with Crippen LogP contribution in [0.25, 0.3) is 10.8 Å². The Morgan fingerprint density at radius 3 is 2.62 bits per heavy atom. The van der Waals surface area contributed by atoms with Crippen LogP contribution in [0.1, 0.15) is 20.3 Å². The second-order valence-electron chi connectivity index (χ2n) is 5.59. The first-order valence-corrected chi connectivity index (χ1v) is 8.04. The van der Waals surface area contributed by atoms with Crippen LogP contribution >= 0.6 is 15.9 Å². The number of amides is 1. The van der Waals surface area contributed by atoms with E-state index < -0.39 is 0 Å². The maximum Gasteiger partial charge on any atom is 0.239 e. The summed E-state index contributed by atoms with van der Waals surface area (Å²) in [4.78, 5) is 11.7. The quantitative estimate of drug-likeness (QED) is 0.822. The molecule has 0 unspecified atom stereocenters. The molecule has 0 fully saturated rings. The topological polar surface area (TPSA) is 41.1 Å². The molecule has 1 amide bonds. The van der Waals surface area contributed by atoms with E-state index in [1.54, 1.807) is 0 Å². The fourth-order valence-corrected chi connectivity index (χ4v) is 2.45. The molecular formula is C17H21BrN2O. The van der Waals surface area contributed by atoms with Crippen molar-refractivity contribution in [1.29, 1.82) is 0 Å². The molecule has 2 rings (SSSR count). The van der Waals surface area contributed by atoms with Crippen LogP contribution in [-0.2, 0) is 4.79 Å². The predicted octanol–water partition coefficient (Wildman–Crippen LogP) is 4.18. The van der Waals surface area contributed by atoms with Crippen LogP contribution in [0.5, 0.6) is 0 Å². The van der Waals surface area contributed by atoms with Gasteiger partial charge in [0.05, 0.1) is 6.54 Å². The van der Waals surface area contributed by atoms with E-state index in [1.807, 2.05) is 12.1 Å². The van der Waals surface area contributed by atoms with Gasteiger partial charge < -0.3 is 10.6 Å². The van der Waals surface area contributed by atoms with Gasteiger partial charge >= 0.3 is 0 Å². The Kier molecular flexibility index (Phi) is 5.62. The smallest absolute Gasteiger partial charge is 0.239 e. The van der Waals surface area contributed by atoms with E-state index in [0.29, 0.717) is 12.5 Å². The third-order valence-corrected chi connectivity index (χ3v) is 3.79. The number of hydrogen-bond acceptors (Lipinski definition) is 2. The molecule has 0 bridgehead atoms. The van der Waals surface area contributed by atoms with E-state index in [-0.39, 0.29) is 5.91 Å². The summed E-state index contributed by atoms with van der Waals surface area (Å²) in [6.45, 7) is 5.35. The SMILES string of the molecule is CC(C)CCNC(=O)CNc1ccc2cc(Br)ccc2c1. The second-order valence-corrected chi connectivity index (χ2v) is 6.51. The summed E-state index contributed by atoms with van der Waals surface area (Å²) >= 11 is 3.47. The zero-order valence-electron chi connectivity index (χ0n) is 12.4. The molecule has 0 atom stereocenters. The zero-order chi connectivity index (χ0) is 15.2. The molecule has 2 aromatic rings. The maximum absolute atomic E-state index is 11.7. The monoisotopic (exact) mass is 348 g/mol. The molecule has 21 heavy (non-hydrogen) atoms. The molecule has 0 radical (unpaired) electrons. The molecule has 3 nitrogen and oxygen atoms in total. The van der Waals surface area contributed by atoms with Gasteiger partial charge in [-0.05, 0) is 47.4 Å². The summed E-state index contributed by atoms with van der Waals surface area (Å²) in [6, 6.07) is 12.3. The van der Waals surface area contributed by atoms with Gasteiger partial charge in [0.15, 0.2) is 0 Å². The van der Waals surface area contributed by atoms with Gasteiger partial charge in [0.2, 0.25) is 5.91 Å². The second kappa shape index (κ2) is 7.46. The Morgan fingerprint density at radius 1 is 1.14 bits per heavy atom. The van der Waals surface area contributed by atoms with Gasteiger partial charge in [-0.15, -0.1) is 0 Å². The summed E-state index contributed by atoms with van der Waals surface area (Å²) in [5, 5.41) is 8.42. The fourth-order valence-electron chi connectivity index (χ4n) is 2.07. The summed E-state index contributed by atoms with van der Waals surface area (Å²) in [6.07, 6.45) is 1.01. The van der Waals surface area contributed by atoms with Crippen molar-refractivity contribution in [3.05, 3.63) is 40.9 Å². The van der Waals surface area contributed by atoms with Gasteiger partial charge in [-0.2, -0.15) is 0 Å². The fraction of sp³-hybridized carbons (Fsp3) is 0.353. The lowest BCUT2D eigenvalue weighted by Gasteiger charge is -2.10. The van der Waals surface area contributed by atoms with Crippen LogP contribution in [0.3, 0.4) is 0 Å². The lowest BCUT2D eigenvalue weighted by molar-refractivity contribution is -0.119. The zero-order valence-corrected chi connectivity index (χ0v) is 14.0. The Morgan fingerprint density at radius 2 is 1.86 bits per heavy atom. The number of fused-ring (bicyclic) bond motifs is 1. The van der Waals surface area contributed by atoms with Crippen molar-refractivity contribution in [2.24, 2.45) is 5.92 Å². The highest BCUT2D eigenvalue weighted by Crippen LogP contribution is 2.22. The number of carbonyl (C=O) groups excluding carboxylic acids is 1. The first-order chi connectivity index (χ1) is 10.0. The molecule has 0 saturated heterocycles. The van der Waals surface area contributed by atoms with Gasteiger partial charge in [-0.25, -0.2) is 0 Å². The van der Waals surface area contributed by atoms with Gasteiger partial charge in [-0.1, -0.05) is 41.9 Å². The van der Waals surface area contributed by atoms with Gasteiger partial charge in [0.1, 0.15) is 0 Å². The van der Waals surface area contributed by atoms with Crippen LogP contribution in [0.2, 0.25) is 0 Å². The van der Waals surface area contributed by atoms with E-state index in [0.717, 1.165) is 28.5 Å². The molecule has 4 heteroatoms. The van der Waals surface area contributed by atoms with Crippen molar-refractivity contribution in [2.45, 2.75) is 20.3 Å². The van der Waals surface area contributed by atoms with Gasteiger partial charge in [0.25, 0.3) is 0 Å². The lowest BCUT2D eigenvalue weighted by Crippen LogP contribution is -2.31. The molecule has 0 aliphatic heterocycles. The first-order valence-electron chi connectivity index (χ1n) is 7.24. The summed E-state index contributed by atoms with van der Waals surface area (Å²) in [5.41, 5.74) is 0.962. The Labute approximate surface area is 134 Å². The molecule has 2 aromatic carbocycles. The molecule has 0 aliphatic carbocycles. The Balaban J connectivity index is 1.88. The van der Waals surface area contributed by atoms with Crippen LogP contribution in [-0.4, -0.2) is 19.0 Å². The first kappa shape index (κ1) is 15.8. The van der Waals surface area contributed by atoms with Crippen molar-refractivity contribution in [3.63, 3.8) is 0 Å². The van der Waals surface area contributed by atoms with E-state index in [1.165, 1.54) is 5.39 Å². The van der Waals surface area contributed by atoms with E-state index >= 15 is 0 Å². The molecule has 0 heterocycles. The average molecular weight is 349 g/mol. The third-order valence-electron chi connectivity index (χ3n) is 3.30. The molecular weight excluding hydrogens is 328 g/mol. The number of anilines is 1. The van der Waals surface area contributed by atoms with Crippen LogP contribution in [0.4, 0.5) is 5.69 Å². The van der Waals surface area contributed by atoms with Gasteiger partial charge in [-0.3, -0.25) is 4.79 Å². The molecule has 0 saturated carbocycles. The molecule has 112 valence electrons. The largest absolute Gasteiger partial charge is 0.376 e. The standard InChI is InChI=1S/C17H21BrN2O/c1-12(2)7-8-19-17(21)11-20-16-6-4-13-9-15(18)5-3-14(13)10-16/h3-6,9-10,12,20H,7-8,11H2,1-2H3,(H,19,21). The van der Waals surface area contributed by atoms with E-state index in [4.69, 9.17) is 0 Å². The van der Waals surface area contributed by atoms with Crippen molar-refractivity contribution >= 4 is 38.3 Å². The number of benzene rings is 2. The molecule has 2 N–H and O–H groups in total. The Hall–Kier alpha value is -1.55. The number of nitrogens with one attached hydrogen (secondary N) is 2. The number of carbonyl (C=O) groups is 1. The molecule has 0 aromatic heterocycles. The minimum atomic E-state index is 0.0338. The number of rotatable bonds is 6. The van der Waals surface area contributed by atoms with Crippen molar-refractivity contribution in [2.75, 3.05) is 18.4 Å². The van der Waals surface area contributed by atoms with Crippen LogP contribution in [0, 0.1) is 5.92 Å². The van der Waals surface area contributed by atoms with E-state index in [9.17, 15) is 4.79 Å². The van der Waals surface area contributed by atoms with Crippen molar-refractivity contribution in [1.82, 2.24) is 5.32 Å². The van der Waals surface area contributed by atoms with Crippen LogP contribution < -0.4 is 10.6 Å². The van der Waals surface area contributed by atoms with Crippen molar-refractivity contribution in [3.8, 4) is 0 Å². The highest BCUT2D eigenvalue weighted by Gasteiger charge is 2.02. The minimum absolute atomic E-state index is 0.0338. The average Bonchev–Trinajstić information content (AvgIpc) is 2.44.